The molecule has 0 aliphatic heterocycles. The van der Waals surface area contributed by atoms with Crippen LogP contribution in [0.15, 0.2) is 11.1 Å². The Balaban J connectivity index is 3.17. The first kappa shape index (κ1) is 14.8. The summed E-state index contributed by atoms with van der Waals surface area (Å²) in [7, 11) is -2.38. The second-order valence-corrected chi connectivity index (χ2v) is 5.96. The van der Waals surface area contributed by atoms with Crippen molar-refractivity contribution < 1.29 is 17.9 Å². The van der Waals surface area contributed by atoms with Gasteiger partial charge in [0.2, 0.25) is 5.82 Å². The highest BCUT2D eigenvalue weighted by molar-refractivity contribution is 7.91. The third kappa shape index (κ3) is 3.64. The van der Waals surface area contributed by atoms with Gasteiger partial charge in [-0.2, -0.15) is 0 Å². The zero-order valence-electron chi connectivity index (χ0n) is 10.0. The molecule has 8 heteroatoms. The molecule has 6 nitrogen and oxygen atoms in total. The number of hydrogen-bond acceptors (Lipinski definition) is 6. The van der Waals surface area contributed by atoms with E-state index in [1.807, 2.05) is 0 Å². The summed E-state index contributed by atoms with van der Waals surface area (Å²) >= 11 is 5.46. The molecular weight excluding hydrogens is 280 g/mol. The van der Waals surface area contributed by atoms with Gasteiger partial charge in [0.05, 0.1) is 12.9 Å². The summed E-state index contributed by atoms with van der Waals surface area (Å²) in [5.74, 6) is -0.907. The van der Waals surface area contributed by atoms with E-state index in [9.17, 15) is 13.2 Å². The van der Waals surface area contributed by atoms with Gasteiger partial charge in [-0.15, -0.1) is 11.6 Å². The second-order valence-electron chi connectivity index (χ2n) is 3.52. The third-order valence-corrected chi connectivity index (χ3v) is 4.00. The Labute approximate surface area is 110 Å². The van der Waals surface area contributed by atoms with Crippen molar-refractivity contribution in [2.24, 2.45) is 0 Å². The van der Waals surface area contributed by atoms with Gasteiger partial charge in [0, 0.05) is 11.6 Å². The van der Waals surface area contributed by atoms with Gasteiger partial charge >= 0.3 is 5.97 Å². The van der Waals surface area contributed by atoms with Crippen molar-refractivity contribution in [2.75, 3.05) is 18.7 Å². The Bertz CT molecular complexity index is 545. The summed E-state index contributed by atoms with van der Waals surface area (Å²) in [6.07, 6.45) is 0.320. The number of sulfone groups is 1. The molecule has 0 aliphatic carbocycles. The Morgan fingerprint density at radius 2 is 2.11 bits per heavy atom. The van der Waals surface area contributed by atoms with Crippen LogP contribution in [0.25, 0.3) is 0 Å². The highest BCUT2D eigenvalue weighted by Gasteiger charge is 2.20. The van der Waals surface area contributed by atoms with Crippen LogP contribution in [-0.2, 0) is 14.6 Å². The molecule has 18 heavy (non-hydrogen) atoms. The molecule has 0 atom stereocenters. The number of alkyl halides is 1. The number of rotatable bonds is 5. The standard InChI is InChI=1S/C10H13ClN2O4S/c1-7-6-8(18(15,16)5-3-4-11)13-9(12-7)10(14)17-2/h6H,3-5H2,1-2H3. The first-order valence-electron chi connectivity index (χ1n) is 5.13. The number of aryl methyl sites for hydroxylation is 1. The normalized spacial score (nSPS) is 11.3. The maximum atomic E-state index is 11.9. The number of nitrogens with zero attached hydrogens (tertiary/aromatic N) is 2. The molecule has 0 unspecified atom stereocenters. The fraction of sp³-hybridized carbons (Fsp3) is 0.500. The van der Waals surface area contributed by atoms with Gasteiger partial charge in [0.1, 0.15) is 0 Å². The maximum absolute atomic E-state index is 11.9. The molecule has 100 valence electrons. The van der Waals surface area contributed by atoms with Crippen LogP contribution < -0.4 is 0 Å². The minimum atomic E-state index is -3.55. The second kappa shape index (κ2) is 6.10. The van der Waals surface area contributed by atoms with Crippen molar-refractivity contribution in [2.45, 2.75) is 18.4 Å². The summed E-state index contributed by atoms with van der Waals surface area (Å²) in [6, 6.07) is 1.32. The lowest BCUT2D eigenvalue weighted by molar-refractivity contribution is 0.0585. The lowest BCUT2D eigenvalue weighted by atomic mass is 10.4. The average Bonchev–Trinajstić information content (AvgIpc) is 2.34. The number of esters is 1. The predicted molar refractivity (Wildman–Crippen MR) is 65.5 cm³/mol. The fourth-order valence-electron chi connectivity index (χ4n) is 1.23. The van der Waals surface area contributed by atoms with Gasteiger partial charge < -0.3 is 4.74 Å². The van der Waals surface area contributed by atoms with Crippen LogP contribution in [-0.4, -0.2) is 43.1 Å². The smallest absolute Gasteiger partial charge is 0.376 e. The van der Waals surface area contributed by atoms with Crippen LogP contribution >= 0.6 is 11.6 Å². The minimum Gasteiger partial charge on any atom is -0.463 e. The van der Waals surface area contributed by atoms with Crippen molar-refractivity contribution in [3.8, 4) is 0 Å². The van der Waals surface area contributed by atoms with Crippen molar-refractivity contribution in [1.29, 1.82) is 0 Å². The first-order chi connectivity index (χ1) is 8.40. The topological polar surface area (TPSA) is 86.2 Å². The summed E-state index contributed by atoms with van der Waals surface area (Å²) in [5, 5.41) is -0.180. The van der Waals surface area contributed by atoms with Crippen molar-refractivity contribution >= 4 is 27.4 Å². The fourth-order valence-corrected chi connectivity index (χ4v) is 2.83. The van der Waals surface area contributed by atoms with Gasteiger partial charge in [-0.1, -0.05) is 0 Å². The van der Waals surface area contributed by atoms with E-state index in [1.54, 1.807) is 6.92 Å². The quantitative estimate of drug-likeness (QED) is 0.457. The van der Waals surface area contributed by atoms with Crippen LogP contribution in [0.3, 0.4) is 0 Å². The monoisotopic (exact) mass is 292 g/mol. The molecule has 0 spiro atoms. The van der Waals surface area contributed by atoms with Crippen LogP contribution in [0.5, 0.6) is 0 Å². The highest BCUT2D eigenvalue weighted by atomic mass is 35.5. The average molecular weight is 293 g/mol. The number of carbonyl (C=O) groups excluding carboxylic acids is 1. The zero-order valence-corrected chi connectivity index (χ0v) is 11.6. The SMILES string of the molecule is COC(=O)c1nc(C)cc(S(=O)(=O)CCCCl)n1. The van der Waals surface area contributed by atoms with E-state index in [1.165, 1.54) is 13.2 Å². The van der Waals surface area contributed by atoms with E-state index < -0.39 is 15.8 Å². The number of hydrogen-bond donors (Lipinski definition) is 0. The van der Waals surface area contributed by atoms with Gasteiger partial charge in [0.15, 0.2) is 14.9 Å². The molecule has 0 saturated carbocycles. The molecule has 1 aromatic heterocycles. The Morgan fingerprint density at radius 3 is 2.67 bits per heavy atom. The lowest BCUT2D eigenvalue weighted by Crippen LogP contribution is -2.15. The van der Waals surface area contributed by atoms with Gasteiger partial charge in [-0.05, 0) is 19.4 Å². The summed E-state index contributed by atoms with van der Waals surface area (Å²) in [4.78, 5) is 18.8. The van der Waals surface area contributed by atoms with Crippen LogP contribution in [0.4, 0.5) is 0 Å². The van der Waals surface area contributed by atoms with Gasteiger partial charge in [-0.25, -0.2) is 23.2 Å². The largest absolute Gasteiger partial charge is 0.463 e. The molecule has 0 amide bonds. The molecule has 0 saturated heterocycles. The van der Waals surface area contributed by atoms with Crippen molar-refractivity contribution in [3.63, 3.8) is 0 Å². The number of aromatic nitrogens is 2. The minimum absolute atomic E-state index is 0.117. The van der Waals surface area contributed by atoms with Crippen LogP contribution in [0, 0.1) is 6.92 Å². The van der Waals surface area contributed by atoms with Gasteiger partial charge in [0.25, 0.3) is 0 Å². The summed E-state index contributed by atoms with van der Waals surface area (Å²) in [6.45, 7) is 1.58. The maximum Gasteiger partial charge on any atom is 0.376 e. The summed E-state index contributed by atoms with van der Waals surface area (Å²) in [5.41, 5.74) is 0.384. The Hall–Kier alpha value is -1.21. The Kier molecular flexibility index (Phi) is 5.03. The van der Waals surface area contributed by atoms with Gasteiger partial charge in [-0.3, -0.25) is 0 Å². The first-order valence-corrected chi connectivity index (χ1v) is 7.32. The molecular formula is C10H13ClN2O4S. The predicted octanol–water partition coefficient (Wildman–Crippen LogP) is 0.974. The van der Waals surface area contributed by atoms with E-state index >= 15 is 0 Å². The summed E-state index contributed by atoms with van der Waals surface area (Å²) < 4.78 is 28.3. The molecule has 0 aliphatic rings. The molecule has 0 bridgehead atoms. The van der Waals surface area contributed by atoms with E-state index in [4.69, 9.17) is 11.6 Å². The van der Waals surface area contributed by atoms with Crippen molar-refractivity contribution in [3.05, 3.63) is 17.6 Å². The highest BCUT2D eigenvalue weighted by Crippen LogP contribution is 2.11. The van der Waals surface area contributed by atoms with Crippen LogP contribution in [0.1, 0.15) is 22.7 Å². The number of methoxy groups -OCH3 is 1. The number of halogens is 1. The molecule has 1 heterocycles. The van der Waals surface area contributed by atoms with E-state index in [0.717, 1.165) is 0 Å². The Morgan fingerprint density at radius 1 is 1.44 bits per heavy atom. The zero-order chi connectivity index (χ0) is 13.8. The molecule has 0 N–H and O–H groups in total. The van der Waals surface area contributed by atoms with Crippen LogP contribution in [0.2, 0.25) is 0 Å². The van der Waals surface area contributed by atoms with Crippen molar-refractivity contribution in [1.82, 2.24) is 9.97 Å². The number of carbonyl (C=O) groups is 1. The molecule has 0 aromatic carbocycles. The lowest BCUT2D eigenvalue weighted by Gasteiger charge is -2.05. The number of ether oxygens (including phenoxy) is 1. The van der Waals surface area contributed by atoms with E-state index in [-0.39, 0.29) is 22.5 Å². The molecule has 1 rings (SSSR count). The van der Waals surface area contributed by atoms with E-state index in [2.05, 4.69) is 14.7 Å². The molecule has 1 aromatic rings. The molecule has 0 radical (unpaired) electrons. The third-order valence-electron chi connectivity index (χ3n) is 2.06. The van der Waals surface area contributed by atoms with E-state index in [0.29, 0.717) is 12.1 Å². The molecule has 0 fully saturated rings.